The SMILES string of the molecule is Cc1ccc(S(=O)(=O)N(CC(=O)Nc2ccc(F)c(F)c2)Cc2ccccc2)cc1. The molecule has 1 N–H and O–H groups in total. The van der Waals surface area contributed by atoms with E-state index in [4.69, 9.17) is 0 Å². The van der Waals surface area contributed by atoms with Crippen molar-refractivity contribution >= 4 is 21.6 Å². The number of carbonyl (C=O) groups excluding carboxylic acids is 1. The molecule has 0 aliphatic rings. The van der Waals surface area contributed by atoms with Crippen molar-refractivity contribution in [2.45, 2.75) is 18.4 Å². The van der Waals surface area contributed by atoms with Gasteiger partial charge in [0.05, 0.1) is 11.4 Å². The molecule has 0 aromatic heterocycles. The van der Waals surface area contributed by atoms with Crippen LogP contribution in [0.15, 0.2) is 77.7 Å². The maximum Gasteiger partial charge on any atom is 0.243 e. The lowest BCUT2D eigenvalue weighted by Gasteiger charge is -2.22. The number of nitrogens with zero attached hydrogens (tertiary/aromatic N) is 1. The molecule has 0 saturated heterocycles. The van der Waals surface area contributed by atoms with Crippen LogP contribution >= 0.6 is 0 Å². The maximum atomic E-state index is 13.4. The molecule has 3 aromatic rings. The van der Waals surface area contributed by atoms with Gasteiger partial charge in [-0.25, -0.2) is 17.2 Å². The van der Waals surface area contributed by atoms with Crippen molar-refractivity contribution in [2.24, 2.45) is 0 Å². The van der Waals surface area contributed by atoms with Crippen LogP contribution in [0.3, 0.4) is 0 Å². The number of benzene rings is 3. The fourth-order valence-electron chi connectivity index (χ4n) is 2.81. The molecule has 0 radical (unpaired) electrons. The van der Waals surface area contributed by atoms with Crippen LogP contribution in [0.1, 0.15) is 11.1 Å². The van der Waals surface area contributed by atoms with E-state index < -0.39 is 34.1 Å². The van der Waals surface area contributed by atoms with Crippen LogP contribution in [-0.2, 0) is 21.4 Å². The van der Waals surface area contributed by atoms with E-state index in [0.717, 1.165) is 22.0 Å². The molecule has 30 heavy (non-hydrogen) atoms. The Bertz CT molecular complexity index is 1130. The number of hydrogen-bond donors (Lipinski definition) is 1. The average Bonchev–Trinajstić information content (AvgIpc) is 2.71. The summed E-state index contributed by atoms with van der Waals surface area (Å²) in [7, 11) is -3.98. The Hall–Kier alpha value is -3.10. The Morgan fingerprint density at radius 3 is 2.23 bits per heavy atom. The predicted octanol–water partition coefficient (Wildman–Crippen LogP) is 4.10. The second-order valence-electron chi connectivity index (χ2n) is 6.75. The smallest absolute Gasteiger partial charge is 0.243 e. The van der Waals surface area contributed by atoms with Crippen molar-refractivity contribution in [1.29, 1.82) is 0 Å². The van der Waals surface area contributed by atoms with Crippen molar-refractivity contribution in [3.05, 3.63) is 95.6 Å². The minimum absolute atomic E-state index is 0.0255. The molecule has 0 aliphatic heterocycles. The van der Waals surface area contributed by atoms with Gasteiger partial charge in [0.15, 0.2) is 11.6 Å². The fraction of sp³-hybridized carbons (Fsp3) is 0.136. The Morgan fingerprint density at radius 1 is 0.933 bits per heavy atom. The van der Waals surface area contributed by atoms with Gasteiger partial charge in [-0.1, -0.05) is 48.0 Å². The molecule has 0 unspecified atom stereocenters. The van der Waals surface area contributed by atoms with Crippen molar-refractivity contribution in [2.75, 3.05) is 11.9 Å². The van der Waals surface area contributed by atoms with E-state index >= 15 is 0 Å². The largest absolute Gasteiger partial charge is 0.325 e. The number of rotatable bonds is 7. The van der Waals surface area contributed by atoms with E-state index in [2.05, 4.69) is 5.32 Å². The normalized spacial score (nSPS) is 11.5. The van der Waals surface area contributed by atoms with E-state index in [0.29, 0.717) is 5.56 Å². The zero-order chi connectivity index (χ0) is 21.7. The molecular formula is C22H20F2N2O3S. The van der Waals surface area contributed by atoms with Gasteiger partial charge in [-0.05, 0) is 36.8 Å². The zero-order valence-electron chi connectivity index (χ0n) is 16.2. The summed E-state index contributed by atoms with van der Waals surface area (Å²) in [5.74, 6) is -2.82. The van der Waals surface area contributed by atoms with Crippen LogP contribution in [-0.4, -0.2) is 25.2 Å². The summed E-state index contributed by atoms with van der Waals surface area (Å²) < 4.78 is 53.9. The Kier molecular flexibility index (Phi) is 6.59. The van der Waals surface area contributed by atoms with Crippen LogP contribution in [0.25, 0.3) is 0 Å². The maximum absolute atomic E-state index is 13.4. The lowest BCUT2D eigenvalue weighted by molar-refractivity contribution is -0.116. The third-order valence-electron chi connectivity index (χ3n) is 4.38. The molecule has 3 aromatic carbocycles. The number of nitrogens with one attached hydrogen (secondary N) is 1. The highest BCUT2D eigenvalue weighted by Gasteiger charge is 2.27. The minimum atomic E-state index is -3.98. The summed E-state index contributed by atoms with van der Waals surface area (Å²) in [6.45, 7) is 1.32. The Morgan fingerprint density at radius 2 is 1.60 bits per heavy atom. The number of amides is 1. The van der Waals surface area contributed by atoms with Crippen molar-refractivity contribution < 1.29 is 22.0 Å². The van der Waals surface area contributed by atoms with E-state index in [1.165, 1.54) is 18.2 Å². The molecule has 0 aliphatic carbocycles. The summed E-state index contributed by atoms with van der Waals surface area (Å²) >= 11 is 0. The van der Waals surface area contributed by atoms with Crippen LogP contribution in [0.5, 0.6) is 0 Å². The second kappa shape index (κ2) is 9.15. The van der Waals surface area contributed by atoms with Crippen LogP contribution in [0.4, 0.5) is 14.5 Å². The first-order valence-corrected chi connectivity index (χ1v) is 10.6. The number of halogens is 2. The van der Waals surface area contributed by atoms with Crippen molar-refractivity contribution in [3.63, 3.8) is 0 Å². The minimum Gasteiger partial charge on any atom is -0.325 e. The van der Waals surface area contributed by atoms with Gasteiger partial charge in [-0.15, -0.1) is 0 Å². The molecule has 3 rings (SSSR count). The Labute approximate surface area is 174 Å². The summed E-state index contributed by atoms with van der Waals surface area (Å²) in [6, 6.07) is 18.1. The molecule has 0 heterocycles. The Balaban J connectivity index is 1.86. The van der Waals surface area contributed by atoms with Gasteiger partial charge in [0.25, 0.3) is 0 Å². The average molecular weight is 430 g/mol. The van der Waals surface area contributed by atoms with E-state index in [1.807, 2.05) is 6.92 Å². The highest BCUT2D eigenvalue weighted by Crippen LogP contribution is 2.20. The third kappa shape index (κ3) is 5.28. The molecule has 0 saturated carbocycles. The first-order chi connectivity index (χ1) is 14.3. The molecule has 5 nitrogen and oxygen atoms in total. The predicted molar refractivity (Wildman–Crippen MR) is 110 cm³/mol. The monoisotopic (exact) mass is 430 g/mol. The number of carbonyl (C=O) groups is 1. The van der Waals surface area contributed by atoms with Gasteiger partial charge in [0, 0.05) is 18.3 Å². The van der Waals surface area contributed by atoms with Gasteiger partial charge in [0.1, 0.15) is 0 Å². The summed E-state index contributed by atoms with van der Waals surface area (Å²) in [5, 5.41) is 2.41. The summed E-state index contributed by atoms with van der Waals surface area (Å²) in [4.78, 5) is 12.6. The second-order valence-corrected chi connectivity index (χ2v) is 8.69. The van der Waals surface area contributed by atoms with Gasteiger partial charge in [0.2, 0.25) is 15.9 Å². The van der Waals surface area contributed by atoms with Gasteiger partial charge in [-0.3, -0.25) is 4.79 Å². The molecule has 0 spiro atoms. The highest BCUT2D eigenvalue weighted by atomic mass is 32.2. The molecule has 1 amide bonds. The lowest BCUT2D eigenvalue weighted by atomic mass is 10.2. The molecule has 0 bridgehead atoms. The summed E-state index contributed by atoms with van der Waals surface area (Å²) in [6.07, 6.45) is 0. The van der Waals surface area contributed by atoms with Crippen molar-refractivity contribution in [3.8, 4) is 0 Å². The van der Waals surface area contributed by atoms with Crippen LogP contribution in [0.2, 0.25) is 0 Å². The van der Waals surface area contributed by atoms with Gasteiger partial charge in [-0.2, -0.15) is 4.31 Å². The number of sulfonamides is 1. The van der Waals surface area contributed by atoms with Gasteiger partial charge >= 0.3 is 0 Å². The third-order valence-corrected chi connectivity index (χ3v) is 6.19. The quantitative estimate of drug-likeness (QED) is 0.614. The number of anilines is 1. The molecule has 0 atom stereocenters. The standard InChI is InChI=1S/C22H20F2N2O3S/c1-16-7-10-19(11-8-16)30(28,29)26(14-17-5-3-2-4-6-17)15-22(27)25-18-9-12-20(23)21(24)13-18/h2-13H,14-15H2,1H3,(H,25,27). The molecular weight excluding hydrogens is 410 g/mol. The molecule has 0 fully saturated rings. The molecule has 156 valence electrons. The first-order valence-electron chi connectivity index (χ1n) is 9.11. The van der Waals surface area contributed by atoms with Gasteiger partial charge < -0.3 is 5.32 Å². The lowest BCUT2D eigenvalue weighted by Crippen LogP contribution is -2.37. The highest BCUT2D eigenvalue weighted by molar-refractivity contribution is 7.89. The molecule has 8 heteroatoms. The van der Waals surface area contributed by atoms with E-state index in [1.54, 1.807) is 42.5 Å². The number of hydrogen-bond acceptors (Lipinski definition) is 3. The van der Waals surface area contributed by atoms with E-state index in [9.17, 15) is 22.0 Å². The topological polar surface area (TPSA) is 66.5 Å². The van der Waals surface area contributed by atoms with Crippen molar-refractivity contribution in [1.82, 2.24) is 4.31 Å². The first kappa shape index (κ1) is 21.6. The van der Waals surface area contributed by atoms with E-state index in [-0.39, 0.29) is 17.1 Å². The zero-order valence-corrected chi connectivity index (χ0v) is 17.0. The fourth-order valence-corrected chi connectivity index (χ4v) is 4.19. The van der Waals surface area contributed by atoms with Crippen LogP contribution < -0.4 is 5.32 Å². The summed E-state index contributed by atoms with van der Waals surface area (Å²) in [5.41, 5.74) is 1.64. The van der Waals surface area contributed by atoms with Crippen LogP contribution in [0, 0.1) is 18.6 Å². The number of aryl methyl sites for hydroxylation is 1.